The minimum atomic E-state index is -0.665. The number of nitrogens with one attached hydrogen (secondary N) is 1. The molecule has 0 aromatic carbocycles. The second-order valence-corrected chi connectivity index (χ2v) is 23.5. The lowest BCUT2D eigenvalue weighted by molar-refractivity contribution is -0.143. The van der Waals surface area contributed by atoms with Crippen LogP contribution in [0.1, 0.15) is 380 Å². The molecule has 2 unspecified atom stereocenters. The lowest BCUT2D eigenvalue weighted by atomic mass is 10.0. The van der Waals surface area contributed by atoms with E-state index in [-0.39, 0.29) is 18.5 Å². The van der Waals surface area contributed by atoms with Crippen LogP contribution in [0.15, 0.2) is 24.3 Å². The molecule has 0 radical (unpaired) electrons. The lowest BCUT2D eigenvalue weighted by Gasteiger charge is -2.22. The first-order valence-corrected chi connectivity index (χ1v) is 34.1. The summed E-state index contributed by atoms with van der Waals surface area (Å²) in [5, 5.41) is 23.4. The number of hydrogen-bond acceptors (Lipinski definition) is 5. The molecule has 0 heterocycles. The van der Waals surface area contributed by atoms with E-state index in [1.165, 1.54) is 302 Å². The van der Waals surface area contributed by atoms with Crippen molar-refractivity contribution >= 4 is 11.9 Å². The largest absolute Gasteiger partial charge is 0.466 e. The van der Waals surface area contributed by atoms with Crippen LogP contribution >= 0.6 is 0 Å². The predicted molar refractivity (Wildman–Crippen MR) is 329 cm³/mol. The fourth-order valence-corrected chi connectivity index (χ4v) is 10.7. The molecular formula is C69H133NO5. The highest BCUT2D eigenvalue weighted by molar-refractivity contribution is 5.76. The monoisotopic (exact) mass is 1060 g/mol. The Balaban J connectivity index is 3.38. The van der Waals surface area contributed by atoms with Crippen LogP contribution in [0, 0.1) is 0 Å². The molecular weight excluding hydrogens is 923 g/mol. The summed E-state index contributed by atoms with van der Waals surface area (Å²) in [4.78, 5) is 24.5. The van der Waals surface area contributed by atoms with E-state index >= 15 is 0 Å². The third-order valence-electron chi connectivity index (χ3n) is 16.0. The Bertz CT molecular complexity index is 1170. The van der Waals surface area contributed by atoms with E-state index in [2.05, 4.69) is 43.5 Å². The summed E-state index contributed by atoms with van der Waals surface area (Å²) in [5.74, 6) is -0.0259. The average Bonchev–Trinajstić information content (AvgIpc) is 3.41. The Morgan fingerprint density at radius 3 is 0.987 bits per heavy atom. The second-order valence-electron chi connectivity index (χ2n) is 23.5. The quantitative estimate of drug-likeness (QED) is 0.0320. The summed E-state index contributed by atoms with van der Waals surface area (Å²) in [6.45, 7) is 4.95. The molecule has 0 fully saturated rings. The number of aliphatic hydroxyl groups is 2. The standard InChI is InChI=1S/C69H133NO5/c1-3-5-7-9-11-13-15-16-17-18-29-32-35-38-42-45-49-53-57-61-67(72)66(65-71)70-68(73)62-58-54-50-46-43-39-36-33-30-27-25-23-21-19-20-22-24-26-28-31-34-37-40-44-48-52-56-60-64-75-69(74)63-59-55-51-47-41-14-12-10-8-6-4-2/h10,12,19-20,66-67,71-72H,3-9,11,13-18,21-65H2,1-2H3,(H,70,73)/b12-10-,20-19-. The van der Waals surface area contributed by atoms with Gasteiger partial charge in [-0.25, -0.2) is 0 Å². The first-order chi connectivity index (χ1) is 37.0. The predicted octanol–water partition coefficient (Wildman–Crippen LogP) is 21.8. The third kappa shape index (κ3) is 61.4. The van der Waals surface area contributed by atoms with Gasteiger partial charge >= 0.3 is 5.97 Å². The molecule has 2 atom stereocenters. The zero-order valence-corrected chi connectivity index (χ0v) is 50.8. The summed E-state index contributed by atoms with van der Waals surface area (Å²) in [7, 11) is 0. The topological polar surface area (TPSA) is 95.9 Å². The van der Waals surface area contributed by atoms with Gasteiger partial charge in [-0.1, -0.05) is 321 Å². The van der Waals surface area contributed by atoms with E-state index < -0.39 is 12.1 Å². The fourth-order valence-electron chi connectivity index (χ4n) is 10.7. The molecule has 444 valence electrons. The maximum atomic E-state index is 12.5. The van der Waals surface area contributed by atoms with Crippen LogP contribution in [-0.2, 0) is 14.3 Å². The molecule has 0 saturated carbocycles. The molecule has 6 heteroatoms. The minimum absolute atomic E-state index is 0.00520. The molecule has 0 rings (SSSR count). The molecule has 0 spiro atoms. The summed E-state index contributed by atoms with van der Waals surface area (Å²) in [5.41, 5.74) is 0. The van der Waals surface area contributed by atoms with Crippen molar-refractivity contribution in [2.75, 3.05) is 13.2 Å². The number of unbranched alkanes of at least 4 members (excludes halogenated alkanes) is 49. The number of aliphatic hydroxyl groups excluding tert-OH is 2. The lowest BCUT2D eigenvalue weighted by Crippen LogP contribution is -2.45. The van der Waals surface area contributed by atoms with E-state index in [1.54, 1.807) is 0 Å². The van der Waals surface area contributed by atoms with Gasteiger partial charge in [-0.3, -0.25) is 9.59 Å². The van der Waals surface area contributed by atoms with Gasteiger partial charge in [-0.15, -0.1) is 0 Å². The van der Waals surface area contributed by atoms with Crippen molar-refractivity contribution in [3.05, 3.63) is 24.3 Å². The van der Waals surface area contributed by atoms with E-state index in [4.69, 9.17) is 4.74 Å². The van der Waals surface area contributed by atoms with Gasteiger partial charge in [0.2, 0.25) is 5.91 Å². The number of carbonyl (C=O) groups excluding carboxylic acids is 2. The van der Waals surface area contributed by atoms with Crippen LogP contribution in [-0.4, -0.2) is 47.4 Å². The Morgan fingerprint density at radius 1 is 0.360 bits per heavy atom. The number of esters is 1. The summed E-state index contributed by atoms with van der Waals surface area (Å²) >= 11 is 0. The third-order valence-corrected chi connectivity index (χ3v) is 16.0. The highest BCUT2D eigenvalue weighted by Gasteiger charge is 2.20. The fraction of sp³-hybridized carbons (Fsp3) is 0.913. The van der Waals surface area contributed by atoms with Crippen LogP contribution in [0.4, 0.5) is 0 Å². The Morgan fingerprint density at radius 2 is 0.640 bits per heavy atom. The highest BCUT2D eigenvalue weighted by Crippen LogP contribution is 2.18. The molecule has 75 heavy (non-hydrogen) atoms. The molecule has 0 aliphatic rings. The van der Waals surface area contributed by atoms with Crippen molar-refractivity contribution in [1.29, 1.82) is 0 Å². The van der Waals surface area contributed by atoms with Gasteiger partial charge in [0.05, 0.1) is 25.4 Å². The number of carbonyl (C=O) groups is 2. The number of hydrogen-bond donors (Lipinski definition) is 3. The molecule has 0 aromatic rings. The van der Waals surface area contributed by atoms with Crippen LogP contribution in [0.2, 0.25) is 0 Å². The number of amides is 1. The average molecular weight is 1060 g/mol. The first kappa shape index (κ1) is 73.3. The SMILES string of the molecule is CCCC/C=C\CCCCCCCC(=O)OCCCCCCCCCCCCCC/C=C\CCCCCCCCCCCCCCC(=O)NC(CO)C(O)CCCCCCCCCCCCCCCCCCCCC. The maximum absolute atomic E-state index is 12.5. The summed E-state index contributed by atoms with van der Waals surface area (Å²) in [6, 6.07) is -0.542. The van der Waals surface area contributed by atoms with E-state index in [9.17, 15) is 19.8 Å². The summed E-state index contributed by atoms with van der Waals surface area (Å²) in [6.07, 6.45) is 80.7. The maximum Gasteiger partial charge on any atom is 0.305 e. The molecule has 1 amide bonds. The number of ether oxygens (including phenoxy) is 1. The molecule has 0 aliphatic heterocycles. The van der Waals surface area contributed by atoms with Crippen molar-refractivity contribution in [3.63, 3.8) is 0 Å². The van der Waals surface area contributed by atoms with E-state index in [1.807, 2.05) is 0 Å². The van der Waals surface area contributed by atoms with Gasteiger partial charge in [-0.05, 0) is 70.6 Å². The van der Waals surface area contributed by atoms with Crippen molar-refractivity contribution in [2.45, 2.75) is 392 Å². The highest BCUT2D eigenvalue weighted by atomic mass is 16.5. The van der Waals surface area contributed by atoms with Crippen molar-refractivity contribution < 1.29 is 24.5 Å². The van der Waals surface area contributed by atoms with Gasteiger partial charge in [0.1, 0.15) is 0 Å². The first-order valence-electron chi connectivity index (χ1n) is 34.1. The van der Waals surface area contributed by atoms with Crippen LogP contribution < -0.4 is 5.32 Å². The smallest absolute Gasteiger partial charge is 0.305 e. The van der Waals surface area contributed by atoms with Gasteiger partial charge in [0.25, 0.3) is 0 Å². The minimum Gasteiger partial charge on any atom is -0.466 e. The van der Waals surface area contributed by atoms with E-state index in [0.717, 1.165) is 44.9 Å². The van der Waals surface area contributed by atoms with Crippen LogP contribution in [0.5, 0.6) is 0 Å². The molecule has 0 aliphatic carbocycles. The van der Waals surface area contributed by atoms with Crippen molar-refractivity contribution in [2.24, 2.45) is 0 Å². The Labute approximate surface area is 469 Å². The Kier molecular flexibility index (Phi) is 63.4. The Hall–Kier alpha value is -1.66. The van der Waals surface area contributed by atoms with Crippen molar-refractivity contribution in [1.82, 2.24) is 5.32 Å². The van der Waals surface area contributed by atoms with Crippen LogP contribution in [0.3, 0.4) is 0 Å². The zero-order valence-electron chi connectivity index (χ0n) is 50.8. The summed E-state index contributed by atoms with van der Waals surface area (Å²) < 4.78 is 5.46. The molecule has 0 aromatic heterocycles. The van der Waals surface area contributed by atoms with Gasteiger partial charge in [0, 0.05) is 12.8 Å². The molecule has 6 nitrogen and oxygen atoms in total. The number of rotatable bonds is 64. The van der Waals surface area contributed by atoms with Crippen LogP contribution in [0.25, 0.3) is 0 Å². The van der Waals surface area contributed by atoms with Gasteiger partial charge in [-0.2, -0.15) is 0 Å². The normalized spacial score (nSPS) is 12.6. The van der Waals surface area contributed by atoms with Gasteiger partial charge in [0.15, 0.2) is 0 Å². The van der Waals surface area contributed by atoms with Gasteiger partial charge < -0.3 is 20.3 Å². The number of allylic oxidation sites excluding steroid dienone is 4. The molecule has 0 bridgehead atoms. The molecule has 3 N–H and O–H groups in total. The van der Waals surface area contributed by atoms with Crippen molar-refractivity contribution in [3.8, 4) is 0 Å². The zero-order chi connectivity index (χ0) is 54.3. The van der Waals surface area contributed by atoms with E-state index in [0.29, 0.717) is 25.9 Å². The second kappa shape index (κ2) is 64.9. The molecule has 0 saturated heterocycles.